The zero-order valence-electron chi connectivity index (χ0n) is 12.6. The molecule has 0 aliphatic rings. The molecule has 2 aromatic rings. The van der Waals surface area contributed by atoms with Crippen molar-refractivity contribution in [3.8, 4) is 0 Å². The Bertz CT molecular complexity index is 505. The second kappa shape index (κ2) is 7.55. The molecule has 1 aromatic heterocycles. The van der Waals surface area contributed by atoms with Crippen molar-refractivity contribution in [2.24, 2.45) is 5.92 Å². The van der Waals surface area contributed by atoms with E-state index in [2.05, 4.69) is 55.3 Å². The first kappa shape index (κ1) is 15.2. The molecule has 0 aliphatic heterocycles. The number of hydrogen-bond acceptors (Lipinski definition) is 3. The van der Waals surface area contributed by atoms with E-state index in [1.165, 1.54) is 16.0 Å². The van der Waals surface area contributed by atoms with Gasteiger partial charge in [0, 0.05) is 23.5 Å². The predicted molar refractivity (Wildman–Crippen MR) is 87.4 cm³/mol. The van der Waals surface area contributed by atoms with Gasteiger partial charge in [-0.05, 0) is 31.4 Å². The van der Waals surface area contributed by atoms with Gasteiger partial charge in [-0.2, -0.15) is 0 Å². The van der Waals surface area contributed by atoms with E-state index >= 15 is 0 Å². The summed E-state index contributed by atoms with van der Waals surface area (Å²) in [5.41, 5.74) is 4.68. The third-order valence-corrected chi connectivity index (χ3v) is 4.19. The number of aromatic nitrogens is 1. The Balaban J connectivity index is 2.06. The molecule has 0 fully saturated rings. The van der Waals surface area contributed by atoms with Gasteiger partial charge in [-0.25, -0.2) is 0 Å². The van der Waals surface area contributed by atoms with E-state index in [4.69, 9.17) is 0 Å². The van der Waals surface area contributed by atoms with Crippen molar-refractivity contribution in [2.45, 2.75) is 33.1 Å². The summed E-state index contributed by atoms with van der Waals surface area (Å²) in [5.74, 6) is 1.21. The number of benzene rings is 1. The lowest BCUT2D eigenvalue weighted by atomic mass is 9.93. The highest BCUT2D eigenvalue weighted by atomic mass is 32.1. The minimum Gasteiger partial charge on any atom is -0.316 e. The molecule has 1 heterocycles. The number of hydrogen-bond donors (Lipinski definition) is 1. The van der Waals surface area contributed by atoms with Crippen LogP contribution in [0.3, 0.4) is 0 Å². The van der Waals surface area contributed by atoms with Crippen LogP contribution in [0.2, 0.25) is 0 Å². The maximum Gasteiger partial charge on any atom is 0.0794 e. The summed E-state index contributed by atoms with van der Waals surface area (Å²) in [6.07, 6.45) is 3.06. The molecule has 0 aliphatic carbocycles. The van der Waals surface area contributed by atoms with Crippen molar-refractivity contribution >= 4 is 11.3 Å². The van der Waals surface area contributed by atoms with Crippen molar-refractivity contribution in [1.29, 1.82) is 0 Å². The molecule has 0 radical (unpaired) electrons. The number of rotatable bonds is 7. The zero-order chi connectivity index (χ0) is 14.4. The molecule has 2 rings (SSSR count). The van der Waals surface area contributed by atoms with Crippen LogP contribution in [0.1, 0.15) is 35.8 Å². The van der Waals surface area contributed by atoms with E-state index in [0.717, 1.165) is 19.5 Å². The SMILES string of the molecule is Cc1cccc(C(CNCC(C)C)Cc2cncs2)c1. The molecular formula is C17H24N2S. The summed E-state index contributed by atoms with van der Waals surface area (Å²) < 4.78 is 0. The molecule has 0 amide bonds. The van der Waals surface area contributed by atoms with Gasteiger partial charge >= 0.3 is 0 Å². The van der Waals surface area contributed by atoms with E-state index in [0.29, 0.717) is 11.8 Å². The van der Waals surface area contributed by atoms with Crippen LogP contribution in [0.25, 0.3) is 0 Å². The summed E-state index contributed by atoms with van der Waals surface area (Å²) in [7, 11) is 0. The summed E-state index contributed by atoms with van der Waals surface area (Å²) >= 11 is 1.75. The van der Waals surface area contributed by atoms with Crippen molar-refractivity contribution < 1.29 is 0 Å². The van der Waals surface area contributed by atoms with Crippen molar-refractivity contribution in [2.75, 3.05) is 13.1 Å². The average Bonchev–Trinajstić information content (AvgIpc) is 2.90. The van der Waals surface area contributed by atoms with Gasteiger partial charge in [0.1, 0.15) is 0 Å². The number of aryl methyl sites for hydroxylation is 1. The summed E-state index contributed by atoms with van der Waals surface area (Å²) in [6.45, 7) is 8.76. The molecule has 108 valence electrons. The number of nitrogens with one attached hydrogen (secondary N) is 1. The molecule has 3 heteroatoms. The van der Waals surface area contributed by atoms with Gasteiger partial charge in [-0.3, -0.25) is 4.98 Å². The Labute approximate surface area is 126 Å². The maximum absolute atomic E-state index is 4.19. The molecule has 0 spiro atoms. The third kappa shape index (κ3) is 4.73. The first-order valence-corrected chi connectivity index (χ1v) is 8.17. The fourth-order valence-corrected chi connectivity index (χ4v) is 3.04. The lowest BCUT2D eigenvalue weighted by molar-refractivity contribution is 0.515. The summed E-state index contributed by atoms with van der Waals surface area (Å²) in [6, 6.07) is 8.88. The van der Waals surface area contributed by atoms with Crippen LogP contribution in [0.5, 0.6) is 0 Å². The molecule has 0 bridgehead atoms. The Morgan fingerprint density at radius 1 is 1.25 bits per heavy atom. The smallest absolute Gasteiger partial charge is 0.0794 e. The molecule has 1 atom stereocenters. The Kier molecular flexibility index (Phi) is 5.74. The second-order valence-corrected chi connectivity index (χ2v) is 6.81. The van der Waals surface area contributed by atoms with Crippen LogP contribution in [0.15, 0.2) is 36.0 Å². The van der Waals surface area contributed by atoms with Crippen molar-refractivity contribution in [1.82, 2.24) is 10.3 Å². The molecule has 0 saturated carbocycles. The van der Waals surface area contributed by atoms with Crippen LogP contribution >= 0.6 is 11.3 Å². The van der Waals surface area contributed by atoms with Gasteiger partial charge in [0.15, 0.2) is 0 Å². The van der Waals surface area contributed by atoms with Gasteiger partial charge in [0.25, 0.3) is 0 Å². The predicted octanol–water partition coefficient (Wildman–Crippen LogP) is 4.02. The molecule has 1 unspecified atom stereocenters. The van der Waals surface area contributed by atoms with E-state index in [1.54, 1.807) is 11.3 Å². The van der Waals surface area contributed by atoms with Gasteiger partial charge in [0.05, 0.1) is 5.51 Å². The van der Waals surface area contributed by atoms with Crippen molar-refractivity contribution in [3.63, 3.8) is 0 Å². The van der Waals surface area contributed by atoms with E-state index < -0.39 is 0 Å². The fraction of sp³-hybridized carbons (Fsp3) is 0.471. The monoisotopic (exact) mass is 288 g/mol. The van der Waals surface area contributed by atoms with Crippen LogP contribution in [-0.2, 0) is 6.42 Å². The minimum atomic E-state index is 0.522. The van der Waals surface area contributed by atoms with Gasteiger partial charge in [-0.1, -0.05) is 43.7 Å². The van der Waals surface area contributed by atoms with Crippen LogP contribution < -0.4 is 5.32 Å². The molecular weight excluding hydrogens is 264 g/mol. The zero-order valence-corrected chi connectivity index (χ0v) is 13.4. The second-order valence-electron chi connectivity index (χ2n) is 5.84. The number of thiazole rings is 1. The lowest BCUT2D eigenvalue weighted by Crippen LogP contribution is -2.26. The third-order valence-electron chi connectivity index (χ3n) is 3.39. The van der Waals surface area contributed by atoms with Crippen LogP contribution in [0.4, 0.5) is 0 Å². The van der Waals surface area contributed by atoms with Crippen LogP contribution in [0, 0.1) is 12.8 Å². The summed E-state index contributed by atoms with van der Waals surface area (Å²) in [5, 5.41) is 3.60. The quantitative estimate of drug-likeness (QED) is 0.832. The van der Waals surface area contributed by atoms with Gasteiger partial charge in [0.2, 0.25) is 0 Å². The molecule has 2 nitrogen and oxygen atoms in total. The molecule has 0 saturated heterocycles. The van der Waals surface area contributed by atoms with Gasteiger partial charge < -0.3 is 5.32 Å². The van der Waals surface area contributed by atoms with Crippen molar-refractivity contribution in [3.05, 3.63) is 52.0 Å². The Morgan fingerprint density at radius 3 is 2.75 bits per heavy atom. The standard InChI is InChI=1S/C17H24N2S/c1-13(2)9-18-10-16(8-17-11-19-12-20-17)15-6-4-5-14(3)7-15/h4-7,11-13,16,18H,8-10H2,1-3H3. The first-order valence-electron chi connectivity index (χ1n) is 7.30. The van der Waals surface area contributed by atoms with E-state index in [1.807, 2.05) is 11.7 Å². The maximum atomic E-state index is 4.19. The van der Waals surface area contributed by atoms with Gasteiger partial charge in [-0.15, -0.1) is 11.3 Å². The minimum absolute atomic E-state index is 0.522. The first-order chi connectivity index (χ1) is 9.65. The normalized spacial score (nSPS) is 12.8. The molecule has 20 heavy (non-hydrogen) atoms. The molecule has 1 aromatic carbocycles. The highest BCUT2D eigenvalue weighted by molar-refractivity contribution is 7.09. The topological polar surface area (TPSA) is 24.9 Å². The fourth-order valence-electron chi connectivity index (χ4n) is 2.36. The lowest BCUT2D eigenvalue weighted by Gasteiger charge is -2.19. The largest absolute Gasteiger partial charge is 0.316 e. The average molecular weight is 288 g/mol. The van der Waals surface area contributed by atoms with Crippen LogP contribution in [-0.4, -0.2) is 18.1 Å². The Hall–Kier alpha value is -1.19. The summed E-state index contributed by atoms with van der Waals surface area (Å²) in [4.78, 5) is 5.56. The van der Waals surface area contributed by atoms with E-state index in [9.17, 15) is 0 Å². The molecule has 1 N–H and O–H groups in total. The Morgan fingerprint density at radius 2 is 2.10 bits per heavy atom. The van der Waals surface area contributed by atoms with E-state index in [-0.39, 0.29) is 0 Å². The highest BCUT2D eigenvalue weighted by Gasteiger charge is 2.13. The highest BCUT2D eigenvalue weighted by Crippen LogP contribution is 2.23. The number of nitrogens with zero attached hydrogens (tertiary/aromatic N) is 1.